The molecule has 0 spiro atoms. The van der Waals surface area contributed by atoms with Gasteiger partial charge in [0.2, 0.25) is 6.79 Å². The molecule has 9 aliphatic rings. The molecule has 22 rings (SSSR count). The first-order chi connectivity index (χ1) is 52.6. The van der Waals surface area contributed by atoms with Gasteiger partial charge in [-0.15, -0.1) is 0 Å². The Kier molecular flexibility index (Phi) is 50.2. The Morgan fingerprint density at radius 1 is 0.368 bits per heavy atom. The number of aryl methyl sites for hydroxylation is 4. The lowest BCUT2D eigenvalue weighted by Gasteiger charge is -2.25. The lowest BCUT2D eigenvalue weighted by Crippen LogP contribution is -2.30. The number of benzene rings is 9. The molecule has 13 aromatic rings. The minimum atomic E-state index is 0. The van der Waals surface area contributed by atoms with Crippen LogP contribution >= 0.6 is 0 Å². The van der Waals surface area contributed by atoms with Crippen LogP contribution in [-0.4, -0.2) is 79.5 Å². The number of ether oxygens (including phenoxy) is 2. The summed E-state index contributed by atoms with van der Waals surface area (Å²) < 4.78 is 10.2. The van der Waals surface area contributed by atoms with Crippen LogP contribution in [-0.2, 0) is 25.7 Å². The molecule has 4 unspecified atom stereocenters. The average Bonchev–Trinajstić information content (AvgIpc) is 1.80. The molecule has 4 aromatic heterocycles. The zero-order valence-corrected chi connectivity index (χ0v) is 59.8. The van der Waals surface area contributed by atoms with Gasteiger partial charge in [0.25, 0.3) is 0 Å². The van der Waals surface area contributed by atoms with Crippen molar-refractivity contribution in [1.29, 1.82) is 0 Å². The van der Waals surface area contributed by atoms with Gasteiger partial charge in [0.05, 0.1) is 35.0 Å². The fourth-order valence-electron chi connectivity index (χ4n) is 12.8. The molecule has 5 aliphatic heterocycles. The lowest BCUT2D eigenvalue weighted by molar-refractivity contribution is 0.174. The number of para-hydroxylation sites is 5. The number of pyridine rings is 2. The van der Waals surface area contributed by atoms with E-state index in [4.69, 9.17) is 9.47 Å². The summed E-state index contributed by atoms with van der Waals surface area (Å²) in [5.74, 6) is 4.39. The molecule has 638 valence electrons. The molecule has 0 saturated heterocycles. The highest BCUT2D eigenvalue weighted by Gasteiger charge is 2.17. The maximum atomic E-state index is 5.08. The standard InChI is InChI=1S/C10H12.C10H8.C9H9N.C9H7N.C9H9N.C9H7N.C9H10.C8H10N2.2C7H6N2.C7H6O2.11CH4.11H2/c2*1-2-6-10-8-4-3-7-9(10)5-1;2*1-2-6-9-8(4-1)5-3-7-10-9;2*1-2-4-9-7-10-6-5-8(9)3-1;1-2-5-9-7-3-6-8(9)4-1;1-2-6-10-7-3-5-9-8(10)4-1;2*1-2-4-7-6(3-1)5-8-9-7;1-2-4-7-6(3-1)8-5-9-7;;;;;;;;;;;;;;;;;;;;;;/h1-2,5-6H,3-4,7-8H2;1-8H;1-9H;1-7H;1-9H;1-7H;1-2,4-5H,3,6-7H2;1-2,4,6H,3,5,7H2;2*1-5H,(H,8,9);1-4H,5H2;11*1H4;11*1H/i;;;;;;;;;;;;;;;;;;;;;;11*1+1. The predicted octanol–water partition coefficient (Wildman–Crippen LogP) is 31.1. The van der Waals surface area contributed by atoms with Crippen LogP contribution in [0.2, 0.25) is 0 Å². The number of aromatic nitrogens is 6. The number of aliphatic imine (C=N–C) groups is 3. The van der Waals surface area contributed by atoms with Gasteiger partial charge in [-0.3, -0.25) is 35.1 Å². The number of dihydropyridines is 1. The first-order valence-electron chi connectivity index (χ1n) is 36.7. The van der Waals surface area contributed by atoms with Crippen LogP contribution in [0.3, 0.4) is 0 Å². The second-order valence-electron chi connectivity index (χ2n) is 25.7. The Bertz CT molecular complexity index is 4500. The predicted molar refractivity (Wildman–Crippen MR) is 539 cm³/mol. The van der Waals surface area contributed by atoms with E-state index in [1.54, 1.807) is 22.3 Å². The van der Waals surface area contributed by atoms with Crippen molar-refractivity contribution >= 4 is 72.5 Å². The van der Waals surface area contributed by atoms with Gasteiger partial charge < -0.3 is 14.4 Å². The van der Waals surface area contributed by atoms with E-state index >= 15 is 0 Å². The molecule has 2 N–H and O–H groups in total. The third kappa shape index (κ3) is 32.3. The van der Waals surface area contributed by atoms with Crippen LogP contribution in [0.4, 0.5) is 0 Å². The highest BCUT2D eigenvalue weighted by molar-refractivity contribution is 5.95. The highest BCUT2D eigenvalue weighted by Crippen LogP contribution is 2.31. The molecule has 12 nitrogen and oxygen atoms in total. The van der Waals surface area contributed by atoms with Gasteiger partial charge in [-0.2, -0.15) is 10.2 Å². The van der Waals surface area contributed by atoms with E-state index < -0.39 is 0 Å². The highest BCUT2D eigenvalue weighted by atomic mass is 16.7. The first-order valence-corrected chi connectivity index (χ1v) is 36.7. The van der Waals surface area contributed by atoms with Crippen molar-refractivity contribution in [3.8, 4) is 11.5 Å². The molecule has 0 fully saturated rings. The molecular weight excluding hydrogens is 1430 g/mol. The van der Waals surface area contributed by atoms with Gasteiger partial charge in [-0.1, -0.05) is 343 Å². The summed E-state index contributed by atoms with van der Waals surface area (Å²) in [4.78, 5) is 23.1. The number of nitrogens with one attached hydrogen (secondary N) is 2. The third-order valence-corrected chi connectivity index (χ3v) is 18.4. The molecule has 0 amide bonds. The summed E-state index contributed by atoms with van der Waals surface area (Å²) in [6.45, 7) is 2.48. The topological polar surface area (TPSA) is 142 Å². The van der Waals surface area contributed by atoms with Crippen molar-refractivity contribution in [2.45, 2.75) is 139 Å². The first kappa shape index (κ1) is 102. The van der Waals surface area contributed by atoms with Crippen LogP contribution in [0.5, 0.6) is 11.5 Å². The summed E-state index contributed by atoms with van der Waals surface area (Å²) >= 11 is 0. The minimum absolute atomic E-state index is 0. The SMILES string of the molecule is C.C.C.C.C.C.C.C.C.C.C.C1=CC2=NCCCN2C=C1.C1=CC2C=CC=NC2C=C1.C1=CC2C=CN=CC2C=C1.[2HH].[2HH].[2HH].[2HH].[2HH].[2HH].[2HH].[2HH].[2HH].[2HH].[2HH].c1ccc2[nH]ncc2c1.c1ccc2[nH]ncc2c1.c1ccc2c(c1)CCC2.c1ccc2c(c1)CCCC2.c1ccc2c(c1)OCO2.c1ccc2ccccc2c1.c1ccc2cnccc2c1.c1ccc2ncccc2c1. The number of hydrogen-bond acceptors (Lipinski definition) is 10. The average molecular weight is 1600 g/mol. The fourth-order valence-corrected chi connectivity index (χ4v) is 12.8. The smallest absolute Gasteiger partial charge is 0.231 e. The van der Waals surface area contributed by atoms with Crippen molar-refractivity contribution in [3.05, 3.63) is 387 Å². The molecule has 117 heavy (non-hydrogen) atoms. The zero-order chi connectivity index (χ0) is 72.1. The van der Waals surface area contributed by atoms with E-state index in [1.807, 2.05) is 183 Å². The quantitative estimate of drug-likeness (QED) is 0.154. The van der Waals surface area contributed by atoms with Crippen LogP contribution < -0.4 is 9.47 Å². The van der Waals surface area contributed by atoms with Crippen LogP contribution in [0, 0.1) is 17.8 Å². The van der Waals surface area contributed by atoms with Gasteiger partial charge in [0, 0.05) is 106 Å². The Hall–Kier alpha value is -12.7. The van der Waals surface area contributed by atoms with E-state index in [0.29, 0.717) is 30.6 Å². The molecule has 12 heteroatoms. The Morgan fingerprint density at radius 3 is 1.34 bits per heavy atom. The third-order valence-electron chi connectivity index (χ3n) is 18.4. The van der Waals surface area contributed by atoms with E-state index in [9.17, 15) is 0 Å². The number of amidine groups is 1. The molecule has 4 atom stereocenters. The number of rotatable bonds is 0. The normalized spacial score (nSPS) is 15.6. The second kappa shape index (κ2) is 57.4. The molecule has 0 radical (unpaired) electrons. The van der Waals surface area contributed by atoms with Gasteiger partial charge >= 0.3 is 0 Å². The molecule has 9 heterocycles. The maximum absolute atomic E-state index is 5.08. The summed E-state index contributed by atoms with van der Waals surface area (Å²) in [6, 6.07) is 80.6. The maximum Gasteiger partial charge on any atom is 0.231 e. The van der Waals surface area contributed by atoms with Crippen molar-refractivity contribution < 1.29 is 25.2 Å². The van der Waals surface area contributed by atoms with Crippen LogP contribution in [0.1, 0.15) is 145 Å². The van der Waals surface area contributed by atoms with Gasteiger partial charge in [-0.05, 0) is 156 Å². The summed E-state index contributed by atoms with van der Waals surface area (Å²) in [5.41, 5.74) is 9.54. The number of fused-ring (bicyclic) bond motifs is 11. The van der Waals surface area contributed by atoms with Crippen molar-refractivity contribution in [3.63, 3.8) is 0 Å². The monoisotopic (exact) mass is 1600 g/mol. The number of allylic oxidation sites excluding steroid dienone is 10. The second-order valence-corrected chi connectivity index (χ2v) is 25.7. The Labute approximate surface area is 719 Å². The number of H-pyrrole nitrogens is 2. The molecule has 0 saturated carbocycles. The summed E-state index contributed by atoms with van der Waals surface area (Å²) in [7, 11) is 0. The molecule has 4 aliphatic carbocycles. The van der Waals surface area contributed by atoms with Crippen molar-refractivity contribution in [2.75, 3.05) is 19.9 Å². The Balaban J connectivity index is -0.000000129. The van der Waals surface area contributed by atoms with Gasteiger partial charge in [0.15, 0.2) is 11.5 Å². The number of aromatic amines is 2. The zero-order valence-electron chi connectivity index (χ0n) is 59.8. The van der Waals surface area contributed by atoms with Gasteiger partial charge in [-0.25, -0.2) is 0 Å². The molecule has 9 aromatic carbocycles. The number of nitrogens with zero attached hydrogens (tertiary/aromatic N) is 8. The number of hydrogen-bond donors (Lipinski definition) is 2. The van der Waals surface area contributed by atoms with E-state index in [2.05, 4.69) is 245 Å². The van der Waals surface area contributed by atoms with Crippen molar-refractivity contribution in [1.82, 2.24) is 35.3 Å². The van der Waals surface area contributed by atoms with E-state index in [0.717, 1.165) is 57.7 Å². The molecular formula is C105H156N10O2. The Morgan fingerprint density at radius 2 is 0.821 bits per heavy atom. The minimum Gasteiger partial charge on any atom is -0.454 e. The largest absolute Gasteiger partial charge is 0.454 e. The lowest BCUT2D eigenvalue weighted by atomic mass is 9.88. The summed E-state index contributed by atoms with van der Waals surface area (Å²) in [5, 5.41) is 22.1. The van der Waals surface area contributed by atoms with E-state index in [1.165, 1.54) is 78.3 Å². The molecule has 0 bridgehead atoms. The van der Waals surface area contributed by atoms with Crippen LogP contribution in [0.15, 0.2) is 380 Å². The van der Waals surface area contributed by atoms with Crippen molar-refractivity contribution in [2.24, 2.45) is 32.7 Å². The van der Waals surface area contributed by atoms with E-state index in [-0.39, 0.29) is 97.4 Å². The fraction of sp³-hybridized carbons (Fsp3) is 0.248. The van der Waals surface area contributed by atoms with Crippen LogP contribution in [0.25, 0.3) is 54.3 Å². The summed E-state index contributed by atoms with van der Waals surface area (Å²) in [6.07, 6.45) is 56.9. The van der Waals surface area contributed by atoms with Gasteiger partial charge in [0.1, 0.15) is 5.84 Å².